The predicted octanol–water partition coefficient (Wildman–Crippen LogP) is 6.68. The summed E-state index contributed by atoms with van der Waals surface area (Å²) in [5.41, 5.74) is 6.08. The molecule has 0 saturated heterocycles. The van der Waals surface area contributed by atoms with Crippen LogP contribution >= 0.6 is 0 Å². The number of rotatable bonds is 8. The molecule has 0 amide bonds. The number of hydrogen-bond donors (Lipinski definition) is 1. The molecule has 2 rings (SSSR count). The first-order valence-electron chi connectivity index (χ1n) is 9.80. The fourth-order valence-electron chi connectivity index (χ4n) is 2.93. The Kier molecular flexibility index (Phi) is 8.30. The predicted molar refractivity (Wildman–Crippen MR) is 121 cm³/mol. The fourth-order valence-corrected chi connectivity index (χ4v) is 2.93. The van der Waals surface area contributed by atoms with E-state index in [1.54, 1.807) is 19.2 Å². The SMILES string of the molecule is COc1cc(C=Cc2ccc(C#N)cc2)cc(CC=C(C)CCC=C(C)C)c1O. The van der Waals surface area contributed by atoms with Gasteiger partial charge in [-0.05, 0) is 75.4 Å². The Labute approximate surface area is 174 Å². The Morgan fingerprint density at radius 3 is 2.34 bits per heavy atom. The molecule has 0 unspecified atom stereocenters. The van der Waals surface area contributed by atoms with Crippen molar-refractivity contribution < 1.29 is 9.84 Å². The summed E-state index contributed by atoms with van der Waals surface area (Å²) in [6.07, 6.45) is 11.1. The van der Waals surface area contributed by atoms with E-state index in [0.29, 0.717) is 17.7 Å². The summed E-state index contributed by atoms with van der Waals surface area (Å²) in [7, 11) is 1.56. The van der Waals surface area contributed by atoms with E-state index in [4.69, 9.17) is 10.00 Å². The third-order valence-electron chi connectivity index (χ3n) is 4.67. The number of allylic oxidation sites excluding steroid dienone is 4. The highest BCUT2D eigenvalue weighted by Gasteiger charge is 2.09. The lowest BCUT2D eigenvalue weighted by molar-refractivity contribution is 0.371. The quantitative estimate of drug-likeness (QED) is 0.406. The van der Waals surface area contributed by atoms with E-state index in [9.17, 15) is 5.11 Å². The molecule has 0 atom stereocenters. The van der Waals surface area contributed by atoms with Gasteiger partial charge in [0.25, 0.3) is 0 Å². The summed E-state index contributed by atoms with van der Waals surface area (Å²) >= 11 is 0. The van der Waals surface area contributed by atoms with E-state index in [2.05, 4.69) is 39.0 Å². The molecule has 0 aliphatic heterocycles. The summed E-state index contributed by atoms with van der Waals surface area (Å²) < 4.78 is 5.36. The molecule has 29 heavy (non-hydrogen) atoms. The van der Waals surface area contributed by atoms with E-state index in [1.807, 2.05) is 36.4 Å². The van der Waals surface area contributed by atoms with Crippen molar-refractivity contribution in [2.45, 2.75) is 40.0 Å². The van der Waals surface area contributed by atoms with Crippen LogP contribution in [-0.4, -0.2) is 12.2 Å². The van der Waals surface area contributed by atoms with E-state index in [1.165, 1.54) is 11.1 Å². The number of phenolic OH excluding ortho intramolecular Hbond substituents is 1. The van der Waals surface area contributed by atoms with Gasteiger partial charge in [0.05, 0.1) is 18.7 Å². The third-order valence-corrected chi connectivity index (χ3v) is 4.67. The number of nitriles is 1. The van der Waals surface area contributed by atoms with Gasteiger partial charge in [0, 0.05) is 5.56 Å². The number of nitrogens with zero attached hydrogens (tertiary/aromatic N) is 1. The molecule has 0 radical (unpaired) electrons. The minimum absolute atomic E-state index is 0.191. The molecule has 0 aliphatic rings. The maximum atomic E-state index is 10.5. The second-order valence-electron chi connectivity index (χ2n) is 7.37. The molecule has 150 valence electrons. The zero-order valence-corrected chi connectivity index (χ0v) is 17.7. The van der Waals surface area contributed by atoms with Crippen LogP contribution < -0.4 is 4.74 Å². The van der Waals surface area contributed by atoms with Gasteiger partial charge in [-0.1, -0.05) is 47.6 Å². The molecular weight excluding hydrogens is 358 g/mol. The van der Waals surface area contributed by atoms with E-state index >= 15 is 0 Å². The summed E-state index contributed by atoms with van der Waals surface area (Å²) in [5, 5.41) is 19.4. The second-order valence-corrected chi connectivity index (χ2v) is 7.37. The number of benzene rings is 2. The van der Waals surface area contributed by atoms with Crippen LogP contribution in [-0.2, 0) is 6.42 Å². The monoisotopic (exact) mass is 387 g/mol. The summed E-state index contributed by atoms with van der Waals surface area (Å²) in [4.78, 5) is 0. The lowest BCUT2D eigenvalue weighted by atomic mass is 10.0. The van der Waals surface area contributed by atoms with Crippen molar-refractivity contribution in [2.24, 2.45) is 0 Å². The smallest absolute Gasteiger partial charge is 0.161 e. The molecule has 3 nitrogen and oxygen atoms in total. The Bertz CT molecular complexity index is 953. The average molecular weight is 388 g/mol. The Morgan fingerprint density at radius 2 is 1.72 bits per heavy atom. The first-order chi connectivity index (χ1) is 13.9. The summed E-state index contributed by atoms with van der Waals surface area (Å²) in [6, 6.07) is 13.3. The topological polar surface area (TPSA) is 53.2 Å². The largest absolute Gasteiger partial charge is 0.504 e. The van der Waals surface area contributed by atoms with Crippen molar-refractivity contribution in [1.82, 2.24) is 0 Å². The molecule has 0 spiro atoms. The zero-order valence-electron chi connectivity index (χ0n) is 17.7. The third kappa shape index (κ3) is 7.01. The maximum absolute atomic E-state index is 10.5. The number of aromatic hydroxyl groups is 1. The maximum Gasteiger partial charge on any atom is 0.161 e. The molecule has 0 aliphatic carbocycles. The van der Waals surface area contributed by atoms with Crippen LogP contribution in [0.4, 0.5) is 0 Å². The van der Waals surface area contributed by atoms with Gasteiger partial charge < -0.3 is 9.84 Å². The van der Waals surface area contributed by atoms with E-state index in [-0.39, 0.29) is 5.75 Å². The zero-order chi connectivity index (χ0) is 21.2. The van der Waals surface area contributed by atoms with Crippen molar-refractivity contribution in [1.29, 1.82) is 5.26 Å². The highest BCUT2D eigenvalue weighted by molar-refractivity contribution is 5.72. The molecule has 0 bridgehead atoms. The van der Waals surface area contributed by atoms with Crippen LogP contribution in [0, 0.1) is 11.3 Å². The number of hydrogen-bond acceptors (Lipinski definition) is 3. The highest BCUT2D eigenvalue weighted by atomic mass is 16.5. The number of phenols is 1. The number of ether oxygens (including phenoxy) is 1. The summed E-state index contributed by atoms with van der Waals surface area (Å²) in [5.74, 6) is 0.661. The lowest BCUT2D eigenvalue weighted by Gasteiger charge is -2.10. The lowest BCUT2D eigenvalue weighted by Crippen LogP contribution is -1.92. The fraction of sp³-hybridized carbons (Fsp3) is 0.269. The first kappa shape index (κ1) is 22.0. The van der Waals surface area contributed by atoms with Crippen LogP contribution in [0.3, 0.4) is 0 Å². The molecular formula is C26H29NO2. The molecule has 2 aromatic carbocycles. The molecule has 0 heterocycles. The molecule has 0 aromatic heterocycles. The summed E-state index contributed by atoms with van der Waals surface area (Å²) in [6.45, 7) is 6.35. The van der Waals surface area contributed by atoms with Crippen molar-refractivity contribution in [3.63, 3.8) is 0 Å². The minimum Gasteiger partial charge on any atom is -0.504 e. The van der Waals surface area contributed by atoms with Gasteiger partial charge in [-0.2, -0.15) is 5.26 Å². The van der Waals surface area contributed by atoms with Crippen LogP contribution in [0.15, 0.2) is 59.7 Å². The second kappa shape index (κ2) is 10.9. The van der Waals surface area contributed by atoms with E-state index < -0.39 is 0 Å². The van der Waals surface area contributed by atoms with Crippen LogP contribution in [0.25, 0.3) is 12.2 Å². The average Bonchev–Trinajstić information content (AvgIpc) is 2.72. The van der Waals surface area contributed by atoms with Gasteiger partial charge in [0.1, 0.15) is 0 Å². The van der Waals surface area contributed by atoms with Crippen molar-refractivity contribution in [3.05, 3.63) is 82.0 Å². The van der Waals surface area contributed by atoms with Gasteiger partial charge in [0.15, 0.2) is 11.5 Å². The molecule has 0 fully saturated rings. The van der Waals surface area contributed by atoms with Gasteiger partial charge in [-0.25, -0.2) is 0 Å². The van der Waals surface area contributed by atoms with Crippen molar-refractivity contribution >= 4 is 12.2 Å². The molecule has 1 N–H and O–H groups in total. The standard InChI is InChI=1S/C26H29NO2/c1-19(2)6-5-7-20(3)8-15-24-16-23(17-25(29-4)26(24)28)14-11-21-9-12-22(18-27)13-10-21/h6,8-14,16-17,28H,5,7,15H2,1-4H3. The Morgan fingerprint density at radius 1 is 1.03 bits per heavy atom. The Hall–Kier alpha value is -3.25. The van der Waals surface area contributed by atoms with Crippen LogP contribution in [0.1, 0.15) is 55.9 Å². The van der Waals surface area contributed by atoms with Crippen LogP contribution in [0.5, 0.6) is 11.5 Å². The molecule has 0 saturated carbocycles. The van der Waals surface area contributed by atoms with Gasteiger partial charge >= 0.3 is 0 Å². The van der Waals surface area contributed by atoms with Crippen molar-refractivity contribution in [3.8, 4) is 17.6 Å². The van der Waals surface area contributed by atoms with Crippen LogP contribution in [0.2, 0.25) is 0 Å². The van der Waals surface area contributed by atoms with Gasteiger partial charge in [-0.15, -0.1) is 0 Å². The van der Waals surface area contributed by atoms with E-state index in [0.717, 1.165) is 29.5 Å². The highest BCUT2D eigenvalue weighted by Crippen LogP contribution is 2.33. The van der Waals surface area contributed by atoms with Gasteiger partial charge in [-0.3, -0.25) is 0 Å². The molecule has 2 aromatic rings. The Balaban J connectivity index is 2.19. The normalized spacial score (nSPS) is 11.3. The first-order valence-corrected chi connectivity index (χ1v) is 9.80. The van der Waals surface area contributed by atoms with Gasteiger partial charge in [0.2, 0.25) is 0 Å². The molecule has 3 heteroatoms. The number of methoxy groups -OCH3 is 1. The van der Waals surface area contributed by atoms with Crippen molar-refractivity contribution in [2.75, 3.05) is 7.11 Å². The minimum atomic E-state index is 0.191.